The average Bonchev–Trinajstić information content (AvgIpc) is 0.807. The Hall–Kier alpha value is -10.7. The molecule has 2 saturated heterocycles. The van der Waals surface area contributed by atoms with Crippen LogP contribution in [-0.2, 0) is 23.9 Å². The molecule has 8 N–H and O–H groups in total. The van der Waals surface area contributed by atoms with Gasteiger partial charge in [-0.15, -0.1) is 0 Å². The second-order valence-corrected chi connectivity index (χ2v) is 24.2. The first-order valence-corrected chi connectivity index (χ1v) is 32.4. The smallest absolute Gasteiger partial charge is 0.256 e. The van der Waals surface area contributed by atoms with Gasteiger partial charge < -0.3 is 50.8 Å². The van der Waals surface area contributed by atoms with Gasteiger partial charge in [0.15, 0.2) is 0 Å². The van der Waals surface area contributed by atoms with Crippen molar-refractivity contribution >= 4 is 133 Å². The maximum absolute atomic E-state index is 12.3. The van der Waals surface area contributed by atoms with Crippen LogP contribution in [0.2, 0.25) is 0 Å². The molecule has 96 heavy (non-hydrogen) atoms. The molecule has 0 unspecified atom stereocenters. The van der Waals surface area contributed by atoms with E-state index in [1.807, 2.05) is 178 Å². The van der Waals surface area contributed by atoms with E-state index >= 15 is 0 Å². The highest BCUT2D eigenvalue weighted by atomic mass is 16.5. The largest absolute Gasteiger partial charge is 0.379 e. The zero-order chi connectivity index (χ0) is 67.2. The van der Waals surface area contributed by atoms with Crippen molar-refractivity contribution in [1.29, 1.82) is 0 Å². The molecule has 0 radical (unpaired) electrons. The summed E-state index contributed by atoms with van der Waals surface area (Å²) < 4.78 is 5.30. The first kappa shape index (κ1) is 66.8. The molecule has 0 spiro atoms. The predicted molar refractivity (Wildman–Crippen MR) is 387 cm³/mol. The lowest BCUT2D eigenvalue weighted by atomic mass is 10.1. The molecule has 2 aliphatic rings. The minimum absolute atomic E-state index is 0.00924. The number of piperidine rings is 1. The Labute approximate surface area is 552 Å². The summed E-state index contributed by atoms with van der Waals surface area (Å²) in [6.45, 7) is 12.1. The number of aromatic amines is 4. The number of carbonyl (C=O) groups excluding carboxylic acids is 4. The number of nitrogens with zero attached hydrogens (tertiary/aromatic N) is 4. The van der Waals surface area contributed by atoms with E-state index in [1.54, 1.807) is 24.3 Å². The molecule has 6 heterocycles. The van der Waals surface area contributed by atoms with E-state index in [-0.39, 0.29) is 45.9 Å². The zero-order valence-corrected chi connectivity index (χ0v) is 54.2. The maximum atomic E-state index is 12.3. The third-order valence-corrected chi connectivity index (χ3v) is 17.1. The van der Waals surface area contributed by atoms with E-state index in [2.05, 4.69) is 55.9 Å². The van der Waals surface area contributed by atoms with Crippen molar-refractivity contribution in [3.05, 3.63) is 211 Å². The van der Waals surface area contributed by atoms with Gasteiger partial charge in [0, 0.05) is 101 Å². The summed E-state index contributed by atoms with van der Waals surface area (Å²) in [6, 6.07) is 52.1. The summed E-state index contributed by atoms with van der Waals surface area (Å²) in [7, 11) is 3.69. The highest BCUT2D eigenvalue weighted by Gasteiger charge is 2.18. The minimum atomic E-state index is -0.104. The van der Waals surface area contributed by atoms with Gasteiger partial charge in [-0.1, -0.05) is 93.1 Å². The number of likely N-dealkylation sites (N-methyl/N-ethyl adjacent to an activating group) is 2. The molecule has 0 aliphatic carbocycles. The van der Waals surface area contributed by atoms with Crippen LogP contribution in [0.25, 0.3) is 86.7 Å². The molecule has 21 heteroatoms. The van der Waals surface area contributed by atoms with E-state index in [4.69, 9.17) is 4.74 Å². The monoisotopic (exact) mass is 1290 g/mol. The van der Waals surface area contributed by atoms with Gasteiger partial charge >= 0.3 is 0 Å². The second kappa shape index (κ2) is 31.0. The molecule has 4 aromatic heterocycles. The number of hydrogen-bond acceptors (Lipinski definition) is 13. The number of anilines is 4. The number of likely N-dealkylation sites (tertiary alicyclic amines) is 1. The number of rotatable bonds is 14. The van der Waals surface area contributed by atoms with Crippen molar-refractivity contribution in [1.82, 2.24) is 39.5 Å². The Morgan fingerprint density at radius 2 is 0.667 bits per heavy atom. The van der Waals surface area contributed by atoms with E-state index < -0.39 is 0 Å². The fourth-order valence-electron chi connectivity index (χ4n) is 12.3. The van der Waals surface area contributed by atoms with Gasteiger partial charge in [-0.3, -0.25) is 53.1 Å². The third-order valence-electron chi connectivity index (χ3n) is 17.1. The second-order valence-electron chi connectivity index (χ2n) is 24.2. The molecule has 2 fully saturated rings. The number of pyridine rings is 4. The number of aromatic nitrogens is 4. The quantitative estimate of drug-likeness (QED) is 0.0472. The molecular formula is C75H78N12O9. The third kappa shape index (κ3) is 16.4. The van der Waals surface area contributed by atoms with Gasteiger partial charge in [0.25, 0.3) is 22.2 Å². The van der Waals surface area contributed by atoms with Crippen molar-refractivity contribution < 1.29 is 23.9 Å². The molecule has 8 aromatic carbocycles. The molecule has 2 aliphatic heterocycles. The van der Waals surface area contributed by atoms with Crippen LogP contribution in [0.15, 0.2) is 189 Å². The number of carbonyl (C=O) groups is 4. The molecule has 0 atom stereocenters. The Morgan fingerprint density at radius 3 is 0.979 bits per heavy atom. The molecular weight excluding hydrogens is 1210 g/mol. The number of benzene rings is 8. The molecule has 0 saturated carbocycles. The number of ether oxygens (including phenoxy) is 1. The summed E-state index contributed by atoms with van der Waals surface area (Å²) in [5, 5.41) is 21.6. The number of hydrogen-bond donors (Lipinski definition) is 8. The molecule has 4 amide bonds. The fourth-order valence-corrected chi connectivity index (χ4v) is 12.3. The van der Waals surface area contributed by atoms with E-state index in [1.165, 1.54) is 19.3 Å². The van der Waals surface area contributed by atoms with Crippen molar-refractivity contribution in [2.75, 3.05) is 114 Å². The van der Waals surface area contributed by atoms with Crippen LogP contribution < -0.4 is 43.5 Å². The minimum Gasteiger partial charge on any atom is -0.379 e. The van der Waals surface area contributed by atoms with Gasteiger partial charge in [0.05, 0.1) is 39.4 Å². The average molecular weight is 1290 g/mol. The lowest BCUT2D eigenvalue weighted by molar-refractivity contribution is -0.118. The van der Waals surface area contributed by atoms with E-state index in [0.29, 0.717) is 60.9 Å². The van der Waals surface area contributed by atoms with Crippen molar-refractivity contribution in [3.63, 3.8) is 0 Å². The Morgan fingerprint density at radius 1 is 0.375 bits per heavy atom. The number of amides is 4. The summed E-state index contributed by atoms with van der Waals surface area (Å²) >= 11 is 0. The first-order chi connectivity index (χ1) is 46.6. The number of nitrogens with one attached hydrogen (secondary N) is 8. The molecule has 21 nitrogen and oxygen atoms in total. The first-order valence-electron chi connectivity index (χ1n) is 32.4. The summed E-state index contributed by atoms with van der Waals surface area (Å²) in [5.74, 6) is -0.144. The molecule has 492 valence electrons. The highest BCUT2D eigenvalue weighted by Crippen LogP contribution is 2.29. The van der Waals surface area contributed by atoms with Crippen LogP contribution in [0.5, 0.6) is 0 Å². The molecule has 14 rings (SSSR count). The van der Waals surface area contributed by atoms with Crippen LogP contribution in [0.3, 0.4) is 0 Å². The SMILES string of the molecule is CCN(CC)CC(=O)Nc1ccc2[nH]c(=O)c3ccccc3c2c1.CN(C)CC(=O)Nc1ccc2[nH]c(=O)c3ccccc3c2c1.O=C(CN1CCCCC1)Nc1ccc2[nH]c(=O)c3ccccc3c2c1.O=C(CN1CCOCC1)Nc1ccc2[nH]c(=O)c3ccccc3c2c1. The highest BCUT2D eigenvalue weighted by molar-refractivity contribution is 6.11. The number of H-pyrrole nitrogens is 4. The zero-order valence-electron chi connectivity index (χ0n) is 54.2. The maximum Gasteiger partial charge on any atom is 0.256 e. The van der Waals surface area contributed by atoms with Crippen LogP contribution in [0.1, 0.15) is 33.1 Å². The lowest BCUT2D eigenvalue weighted by Gasteiger charge is -2.25. The van der Waals surface area contributed by atoms with E-state index in [0.717, 1.165) is 127 Å². The van der Waals surface area contributed by atoms with Crippen LogP contribution in [-0.4, -0.2) is 156 Å². The fraction of sp³-hybridized carbons (Fsp3) is 0.253. The number of fused-ring (bicyclic) bond motifs is 12. The lowest BCUT2D eigenvalue weighted by Crippen LogP contribution is -2.41. The predicted octanol–water partition coefficient (Wildman–Crippen LogP) is 10.2. The van der Waals surface area contributed by atoms with Crippen molar-refractivity contribution in [2.45, 2.75) is 33.1 Å². The Bertz CT molecular complexity index is 4940. The van der Waals surface area contributed by atoms with Gasteiger partial charge in [-0.05, 0) is 172 Å². The van der Waals surface area contributed by atoms with Gasteiger partial charge in [0.1, 0.15) is 0 Å². The van der Waals surface area contributed by atoms with Crippen LogP contribution >= 0.6 is 0 Å². The van der Waals surface area contributed by atoms with Crippen LogP contribution in [0.4, 0.5) is 22.7 Å². The topological polar surface area (TPSA) is 270 Å². The summed E-state index contributed by atoms with van der Waals surface area (Å²) in [4.78, 5) is 117. The Balaban J connectivity index is 0.000000130. The number of morpholine rings is 1. The van der Waals surface area contributed by atoms with Gasteiger partial charge in [0.2, 0.25) is 23.6 Å². The standard InChI is InChI=1S/C20H21N3O2.C19H19N3O3.C19H21N3O2.C17H17N3O2/c24-19(13-23-10-4-1-5-11-23)21-14-8-9-18-17(12-14)15-6-2-3-7-16(15)20(25)22-18;23-18(12-22-7-9-25-10-8-22)20-13-5-6-17-16(11-13)14-3-1-2-4-15(14)19(24)21-17;1-3-22(4-2)12-18(23)20-13-9-10-17-16(11-13)14-7-5-6-8-15(14)19(24)21-17;1-20(2)10-16(21)18-11-7-8-15-14(9-11)12-5-3-4-6-13(12)17(22)19-15/h2-3,6-9,12H,1,4-5,10-11,13H2,(H,21,24)(H,22,25);1-6,11H,7-10,12H2,(H,20,23)(H,21,24);5-11H,3-4,12H2,1-2H3,(H,20,23)(H,21,24);3-9H,10H2,1-2H3,(H,18,21)(H,19,22). The normalized spacial score (nSPS) is 13.5. The van der Waals surface area contributed by atoms with Gasteiger partial charge in [-0.2, -0.15) is 0 Å². The summed E-state index contributed by atoms with van der Waals surface area (Å²) in [6.07, 6.45) is 3.60. The summed E-state index contributed by atoms with van der Waals surface area (Å²) in [5.41, 5.74) is 5.59. The molecule has 12 aromatic rings. The Kier molecular flexibility index (Phi) is 21.6. The molecule has 0 bridgehead atoms. The van der Waals surface area contributed by atoms with Crippen LogP contribution in [0, 0.1) is 0 Å². The van der Waals surface area contributed by atoms with Crippen molar-refractivity contribution in [3.8, 4) is 0 Å². The van der Waals surface area contributed by atoms with Crippen molar-refractivity contribution in [2.24, 2.45) is 0 Å². The van der Waals surface area contributed by atoms with E-state index in [9.17, 15) is 38.4 Å². The van der Waals surface area contributed by atoms with Gasteiger partial charge in [-0.25, -0.2) is 0 Å².